The van der Waals surface area contributed by atoms with E-state index in [1.807, 2.05) is 0 Å². The minimum Gasteiger partial charge on any atom is -0.437 e. The third-order valence-electron chi connectivity index (χ3n) is 2.65. The molecule has 112 valence electrons. The van der Waals surface area contributed by atoms with Gasteiger partial charge in [0, 0.05) is 12.6 Å². The molecule has 0 saturated carbocycles. The maximum absolute atomic E-state index is 13.0. The second-order valence-corrected chi connectivity index (χ2v) is 5.46. The van der Waals surface area contributed by atoms with Gasteiger partial charge in [-0.3, -0.25) is 4.98 Å². The van der Waals surface area contributed by atoms with Crippen molar-refractivity contribution in [1.29, 1.82) is 0 Å². The van der Waals surface area contributed by atoms with Crippen LogP contribution in [0.3, 0.4) is 0 Å². The van der Waals surface area contributed by atoms with E-state index in [1.165, 1.54) is 24.4 Å². The average molecular weight is 310 g/mol. The normalized spacial score (nSPS) is 10.9. The lowest BCUT2D eigenvalue weighted by Gasteiger charge is -2.08. The van der Waals surface area contributed by atoms with Gasteiger partial charge in [0.1, 0.15) is 11.6 Å². The van der Waals surface area contributed by atoms with Crippen LogP contribution in [0, 0.1) is 11.7 Å². The van der Waals surface area contributed by atoms with Crippen LogP contribution in [0.15, 0.2) is 30.6 Å². The summed E-state index contributed by atoms with van der Waals surface area (Å²) in [6.07, 6.45) is 3.18. The molecule has 4 nitrogen and oxygen atoms in total. The molecular weight excluding hydrogens is 293 g/mol. The molecule has 0 spiro atoms. The number of rotatable bonds is 6. The molecule has 1 aromatic heterocycles. The van der Waals surface area contributed by atoms with Gasteiger partial charge in [-0.1, -0.05) is 25.4 Å². The van der Waals surface area contributed by atoms with E-state index in [0.717, 1.165) is 12.2 Å². The predicted molar refractivity (Wildman–Crippen MR) is 80.1 cm³/mol. The van der Waals surface area contributed by atoms with E-state index in [2.05, 4.69) is 29.1 Å². The maximum atomic E-state index is 13.0. The van der Waals surface area contributed by atoms with Gasteiger partial charge in [0.05, 0.1) is 23.1 Å². The zero-order valence-electron chi connectivity index (χ0n) is 11.9. The lowest BCUT2D eigenvalue weighted by molar-refractivity contribution is 0.456. The number of nitrogens with one attached hydrogen (secondary N) is 1. The molecule has 0 aliphatic heterocycles. The van der Waals surface area contributed by atoms with Gasteiger partial charge in [0.15, 0.2) is 0 Å². The first kappa shape index (κ1) is 15.7. The van der Waals surface area contributed by atoms with Gasteiger partial charge in [0.25, 0.3) is 0 Å². The van der Waals surface area contributed by atoms with Crippen LogP contribution < -0.4 is 10.1 Å². The zero-order chi connectivity index (χ0) is 15.2. The van der Waals surface area contributed by atoms with Gasteiger partial charge in [-0.15, -0.1) is 0 Å². The fraction of sp³-hybridized carbons (Fsp3) is 0.333. The van der Waals surface area contributed by atoms with Crippen LogP contribution in [-0.2, 0) is 6.54 Å². The molecule has 2 rings (SSSR count). The predicted octanol–water partition coefficient (Wildman–Crippen LogP) is 3.81. The number of halogens is 2. The lowest BCUT2D eigenvalue weighted by Crippen LogP contribution is -2.19. The zero-order valence-corrected chi connectivity index (χ0v) is 12.7. The SMILES string of the molecule is CC(C)CNCc1cnc(Oc2ccc(F)c(Cl)c2)cn1. The van der Waals surface area contributed by atoms with Crippen molar-refractivity contribution >= 4 is 11.6 Å². The Morgan fingerprint density at radius 2 is 2.10 bits per heavy atom. The summed E-state index contributed by atoms with van der Waals surface area (Å²) in [6.45, 7) is 5.87. The van der Waals surface area contributed by atoms with Gasteiger partial charge in [-0.05, 0) is 24.6 Å². The molecule has 1 heterocycles. The quantitative estimate of drug-likeness (QED) is 0.881. The summed E-state index contributed by atoms with van der Waals surface area (Å²) in [4.78, 5) is 8.42. The minimum atomic E-state index is -0.485. The Labute approximate surface area is 128 Å². The highest BCUT2D eigenvalue weighted by Gasteiger charge is 2.04. The standard InChI is InChI=1S/C15H17ClFN3O/c1-10(2)6-18-7-11-8-20-15(9-19-11)21-12-3-4-14(17)13(16)5-12/h3-5,8-10,18H,6-7H2,1-2H3. The molecule has 0 unspecified atom stereocenters. The first-order valence-corrected chi connectivity index (χ1v) is 7.07. The number of hydrogen-bond acceptors (Lipinski definition) is 4. The third kappa shape index (κ3) is 4.95. The van der Waals surface area contributed by atoms with Crippen molar-refractivity contribution in [1.82, 2.24) is 15.3 Å². The number of benzene rings is 1. The van der Waals surface area contributed by atoms with Crippen LogP contribution in [-0.4, -0.2) is 16.5 Å². The summed E-state index contributed by atoms with van der Waals surface area (Å²) in [5.41, 5.74) is 0.833. The van der Waals surface area contributed by atoms with Crippen LogP contribution in [0.2, 0.25) is 5.02 Å². The smallest absolute Gasteiger partial charge is 0.237 e. The lowest BCUT2D eigenvalue weighted by atomic mass is 10.2. The molecular formula is C15H17ClFN3O. The number of hydrogen-bond donors (Lipinski definition) is 1. The summed E-state index contributed by atoms with van der Waals surface area (Å²) in [6, 6.07) is 4.13. The third-order valence-corrected chi connectivity index (χ3v) is 2.94. The molecule has 0 atom stereocenters. The van der Waals surface area contributed by atoms with Crippen LogP contribution in [0.4, 0.5) is 4.39 Å². The van der Waals surface area contributed by atoms with E-state index in [9.17, 15) is 4.39 Å². The number of ether oxygens (including phenoxy) is 1. The van der Waals surface area contributed by atoms with Crippen molar-refractivity contribution in [2.24, 2.45) is 5.92 Å². The summed E-state index contributed by atoms with van der Waals surface area (Å²) < 4.78 is 18.5. The molecule has 1 N–H and O–H groups in total. The van der Waals surface area contributed by atoms with Crippen molar-refractivity contribution in [2.45, 2.75) is 20.4 Å². The van der Waals surface area contributed by atoms with Crippen molar-refractivity contribution in [3.05, 3.63) is 47.1 Å². The van der Waals surface area contributed by atoms with E-state index >= 15 is 0 Å². The van der Waals surface area contributed by atoms with Gasteiger partial charge >= 0.3 is 0 Å². The van der Waals surface area contributed by atoms with E-state index in [1.54, 1.807) is 6.20 Å². The number of nitrogens with zero attached hydrogens (tertiary/aromatic N) is 2. The Morgan fingerprint density at radius 3 is 2.71 bits per heavy atom. The van der Waals surface area contributed by atoms with Gasteiger partial charge < -0.3 is 10.1 Å². The Hall–Kier alpha value is -1.72. The van der Waals surface area contributed by atoms with Crippen LogP contribution in [0.5, 0.6) is 11.6 Å². The largest absolute Gasteiger partial charge is 0.437 e. The van der Waals surface area contributed by atoms with Crippen molar-refractivity contribution in [3.8, 4) is 11.6 Å². The molecule has 0 bridgehead atoms. The molecule has 6 heteroatoms. The van der Waals surface area contributed by atoms with Crippen LogP contribution in [0.25, 0.3) is 0 Å². The van der Waals surface area contributed by atoms with E-state index in [4.69, 9.17) is 16.3 Å². The fourth-order valence-electron chi connectivity index (χ4n) is 1.64. The minimum absolute atomic E-state index is 0.00923. The summed E-state index contributed by atoms with van der Waals surface area (Å²) >= 11 is 5.69. The highest BCUT2D eigenvalue weighted by atomic mass is 35.5. The Balaban J connectivity index is 1.94. The molecule has 0 saturated heterocycles. The Kier molecular flexibility index (Phi) is 5.47. The van der Waals surface area contributed by atoms with E-state index in [0.29, 0.717) is 24.1 Å². The van der Waals surface area contributed by atoms with E-state index in [-0.39, 0.29) is 5.02 Å². The Bertz CT molecular complexity index is 590. The maximum Gasteiger partial charge on any atom is 0.237 e. The first-order valence-electron chi connectivity index (χ1n) is 6.69. The fourth-order valence-corrected chi connectivity index (χ4v) is 1.81. The van der Waals surface area contributed by atoms with Gasteiger partial charge in [-0.25, -0.2) is 9.37 Å². The molecule has 21 heavy (non-hydrogen) atoms. The highest BCUT2D eigenvalue weighted by molar-refractivity contribution is 6.30. The molecule has 0 radical (unpaired) electrons. The summed E-state index contributed by atoms with van der Waals surface area (Å²) in [5.74, 6) is 0.858. The molecule has 0 aliphatic rings. The second kappa shape index (κ2) is 7.33. The van der Waals surface area contributed by atoms with Crippen molar-refractivity contribution in [3.63, 3.8) is 0 Å². The highest BCUT2D eigenvalue weighted by Crippen LogP contribution is 2.24. The van der Waals surface area contributed by atoms with Crippen molar-refractivity contribution < 1.29 is 9.13 Å². The van der Waals surface area contributed by atoms with Gasteiger partial charge in [-0.2, -0.15) is 0 Å². The molecule has 0 aliphatic carbocycles. The second-order valence-electron chi connectivity index (χ2n) is 5.05. The molecule has 2 aromatic rings. The monoisotopic (exact) mass is 309 g/mol. The van der Waals surface area contributed by atoms with Crippen LogP contribution in [0.1, 0.15) is 19.5 Å². The topological polar surface area (TPSA) is 47.0 Å². The van der Waals surface area contributed by atoms with Crippen molar-refractivity contribution in [2.75, 3.05) is 6.54 Å². The van der Waals surface area contributed by atoms with Crippen LogP contribution >= 0.6 is 11.6 Å². The molecule has 1 aromatic carbocycles. The Morgan fingerprint density at radius 1 is 1.29 bits per heavy atom. The average Bonchev–Trinajstić information content (AvgIpc) is 2.44. The first-order chi connectivity index (χ1) is 10.0. The molecule has 0 fully saturated rings. The van der Waals surface area contributed by atoms with Gasteiger partial charge in [0.2, 0.25) is 5.88 Å². The summed E-state index contributed by atoms with van der Waals surface area (Å²) in [7, 11) is 0. The summed E-state index contributed by atoms with van der Waals surface area (Å²) in [5, 5.41) is 3.29. The number of aromatic nitrogens is 2. The van der Waals surface area contributed by atoms with E-state index < -0.39 is 5.82 Å². The molecule has 0 amide bonds.